The van der Waals surface area contributed by atoms with Gasteiger partial charge in [0, 0.05) is 22.7 Å². The Kier molecular flexibility index (Phi) is 6.64. The summed E-state index contributed by atoms with van der Waals surface area (Å²) in [6.45, 7) is 1.39. The number of nitrogens with one attached hydrogen (secondary N) is 1. The van der Waals surface area contributed by atoms with Crippen LogP contribution in [-0.4, -0.2) is 35.1 Å². The molecule has 5 nitrogen and oxygen atoms in total. The minimum Gasteiger partial charge on any atom is -0.368 e. The molecule has 1 saturated heterocycles. The van der Waals surface area contributed by atoms with Crippen molar-refractivity contribution in [2.24, 2.45) is 5.73 Å². The van der Waals surface area contributed by atoms with Crippen LogP contribution in [0.15, 0.2) is 53.4 Å². The normalized spacial score (nSPS) is 17.0. The lowest BCUT2D eigenvalue weighted by Gasteiger charge is -2.22. The maximum atomic E-state index is 12.4. The van der Waals surface area contributed by atoms with E-state index in [9.17, 15) is 18.4 Å². The zero-order valence-corrected chi connectivity index (χ0v) is 15.9. The van der Waals surface area contributed by atoms with Crippen molar-refractivity contribution >= 4 is 29.3 Å². The number of rotatable bonds is 7. The number of carbonyl (C=O) groups excluding carboxylic acids is 2. The van der Waals surface area contributed by atoms with Gasteiger partial charge in [-0.05, 0) is 61.3 Å². The number of carbonyl (C=O) groups is 2. The lowest BCUT2D eigenvalue weighted by molar-refractivity contribution is -0.122. The number of anilines is 1. The lowest BCUT2D eigenvalue weighted by atomic mass is 10.1. The third-order valence-electron chi connectivity index (χ3n) is 4.60. The second kappa shape index (κ2) is 9.16. The molecule has 1 heterocycles. The van der Waals surface area contributed by atoms with E-state index >= 15 is 0 Å². The monoisotopic (exact) mass is 405 g/mol. The standard InChI is InChI=1S/C20H21F2N3O2S/c21-20(22)28-16-8-6-14(7-9-16)19(27)24-15-4-1-3-13(11-15)12-25-10-2-5-17(25)18(23)26/h1,3-4,6-9,11,17,20H,2,5,10,12H2,(H2,23,26)(H,24,27). The molecule has 0 aromatic heterocycles. The second-order valence-electron chi connectivity index (χ2n) is 6.59. The van der Waals surface area contributed by atoms with Gasteiger partial charge in [0.25, 0.3) is 11.7 Å². The predicted octanol–water partition coefficient (Wildman–Crippen LogP) is 3.70. The van der Waals surface area contributed by atoms with Gasteiger partial charge in [-0.3, -0.25) is 14.5 Å². The highest BCUT2D eigenvalue weighted by molar-refractivity contribution is 7.99. The fourth-order valence-corrected chi connectivity index (χ4v) is 3.81. The molecule has 28 heavy (non-hydrogen) atoms. The first-order chi connectivity index (χ1) is 13.4. The highest BCUT2D eigenvalue weighted by atomic mass is 32.2. The molecule has 3 rings (SSSR count). The molecule has 1 aliphatic rings. The van der Waals surface area contributed by atoms with Crippen LogP contribution in [0.1, 0.15) is 28.8 Å². The van der Waals surface area contributed by atoms with E-state index in [1.807, 2.05) is 23.1 Å². The number of likely N-dealkylation sites (tertiary alicyclic amines) is 1. The van der Waals surface area contributed by atoms with Crippen LogP contribution < -0.4 is 11.1 Å². The summed E-state index contributed by atoms with van der Waals surface area (Å²) in [5, 5.41) is 2.81. The lowest BCUT2D eigenvalue weighted by Crippen LogP contribution is -2.39. The summed E-state index contributed by atoms with van der Waals surface area (Å²) in [5.74, 6) is -3.12. The Balaban J connectivity index is 1.64. The van der Waals surface area contributed by atoms with Crippen LogP contribution in [0.5, 0.6) is 0 Å². The van der Waals surface area contributed by atoms with Gasteiger partial charge in [0.05, 0.1) is 6.04 Å². The van der Waals surface area contributed by atoms with E-state index in [-0.39, 0.29) is 17.9 Å². The largest absolute Gasteiger partial charge is 0.368 e. The van der Waals surface area contributed by atoms with Crippen molar-refractivity contribution in [2.75, 3.05) is 11.9 Å². The number of primary amides is 1. The van der Waals surface area contributed by atoms with E-state index in [0.717, 1.165) is 24.9 Å². The van der Waals surface area contributed by atoms with Crippen LogP contribution in [0.25, 0.3) is 0 Å². The van der Waals surface area contributed by atoms with E-state index in [0.29, 0.717) is 34.5 Å². The van der Waals surface area contributed by atoms with Gasteiger partial charge in [-0.15, -0.1) is 0 Å². The van der Waals surface area contributed by atoms with Crippen LogP contribution in [0, 0.1) is 0 Å². The number of benzene rings is 2. The molecule has 1 fully saturated rings. The van der Waals surface area contributed by atoms with Crippen molar-refractivity contribution in [1.29, 1.82) is 0 Å². The van der Waals surface area contributed by atoms with E-state index in [2.05, 4.69) is 5.32 Å². The molecular formula is C20H21F2N3O2S. The number of thioether (sulfide) groups is 1. The van der Waals surface area contributed by atoms with Crippen LogP contribution in [-0.2, 0) is 11.3 Å². The maximum absolute atomic E-state index is 12.4. The molecule has 0 radical (unpaired) electrons. The highest BCUT2D eigenvalue weighted by Gasteiger charge is 2.28. The average molecular weight is 405 g/mol. The Morgan fingerprint density at radius 1 is 1.21 bits per heavy atom. The summed E-state index contributed by atoms with van der Waals surface area (Å²) in [6.07, 6.45) is 1.70. The SMILES string of the molecule is NC(=O)C1CCCN1Cc1cccc(NC(=O)c2ccc(SC(F)F)cc2)c1. The van der Waals surface area contributed by atoms with E-state index in [4.69, 9.17) is 5.73 Å². The molecule has 0 bridgehead atoms. The van der Waals surface area contributed by atoms with E-state index < -0.39 is 5.76 Å². The van der Waals surface area contributed by atoms with Crippen molar-refractivity contribution in [3.8, 4) is 0 Å². The van der Waals surface area contributed by atoms with Gasteiger partial charge in [-0.2, -0.15) is 8.78 Å². The summed E-state index contributed by atoms with van der Waals surface area (Å²) in [4.78, 5) is 26.4. The molecule has 0 aliphatic carbocycles. The Morgan fingerprint density at radius 2 is 1.96 bits per heavy atom. The van der Waals surface area contributed by atoms with Crippen molar-refractivity contribution in [3.63, 3.8) is 0 Å². The van der Waals surface area contributed by atoms with Gasteiger partial charge < -0.3 is 11.1 Å². The smallest absolute Gasteiger partial charge is 0.288 e. The summed E-state index contributed by atoms with van der Waals surface area (Å²) >= 11 is 0.439. The van der Waals surface area contributed by atoms with Gasteiger partial charge in [0.15, 0.2) is 0 Å². The number of hydrogen-bond donors (Lipinski definition) is 2. The molecule has 3 N–H and O–H groups in total. The quantitative estimate of drug-likeness (QED) is 0.689. The number of nitrogens with two attached hydrogens (primary N) is 1. The molecule has 1 atom stereocenters. The van der Waals surface area contributed by atoms with Crippen molar-refractivity contribution in [2.45, 2.75) is 36.1 Å². The Morgan fingerprint density at radius 3 is 2.64 bits per heavy atom. The summed E-state index contributed by atoms with van der Waals surface area (Å²) < 4.78 is 24.7. The fraction of sp³-hybridized carbons (Fsp3) is 0.300. The minimum absolute atomic E-state index is 0.247. The van der Waals surface area contributed by atoms with Crippen LogP contribution in [0.2, 0.25) is 0 Å². The number of nitrogens with zero attached hydrogens (tertiary/aromatic N) is 1. The second-order valence-corrected chi connectivity index (χ2v) is 7.65. The number of halogens is 2. The first-order valence-corrected chi connectivity index (χ1v) is 9.79. The molecule has 0 saturated carbocycles. The highest BCUT2D eigenvalue weighted by Crippen LogP contribution is 2.25. The van der Waals surface area contributed by atoms with Crippen molar-refractivity contribution in [3.05, 3.63) is 59.7 Å². The molecule has 0 spiro atoms. The molecule has 2 aromatic carbocycles. The summed E-state index contributed by atoms with van der Waals surface area (Å²) in [7, 11) is 0. The van der Waals surface area contributed by atoms with Gasteiger partial charge in [-0.25, -0.2) is 0 Å². The number of alkyl halides is 2. The van der Waals surface area contributed by atoms with Gasteiger partial charge in [0.2, 0.25) is 5.91 Å². The Bertz CT molecular complexity index is 846. The molecule has 8 heteroatoms. The zero-order chi connectivity index (χ0) is 20.1. The third-order valence-corrected chi connectivity index (χ3v) is 5.33. The molecule has 2 aromatic rings. The molecule has 148 valence electrons. The molecule has 1 unspecified atom stereocenters. The third kappa shape index (κ3) is 5.30. The van der Waals surface area contributed by atoms with Gasteiger partial charge in [-0.1, -0.05) is 23.9 Å². The van der Waals surface area contributed by atoms with Crippen LogP contribution in [0.3, 0.4) is 0 Å². The first kappa shape index (κ1) is 20.3. The van der Waals surface area contributed by atoms with E-state index in [1.165, 1.54) is 24.3 Å². The number of hydrogen-bond acceptors (Lipinski definition) is 4. The van der Waals surface area contributed by atoms with E-state index in [1.54, 1.807) is 6.07 Å². The molecule has 1 aliphatic heterocycles. The number of amides is 2. The van der Waals surface area contributed by atoms with Crippen LogP contribution in [0.4, 0.5) is 14.5 Å². The maximum Gasteiger partial charge on any atom is 0.288 e. The Hall–Kier alpha value is -2.45. The minimum atomic E-state index is -2.49. The van der Waals surface area contributed by atoms with Gasteiger partial charge >= 0.3 is 0 Å². The van der Waals surface area contributed by atoms with Crippen LogP contribution >= 0.6 is 11.8 Å². The molecular weight excluding hydrogens is 384 g/mol. The first-order valence-electron chi connectivity index (χ1n) is 8.91. The van der Waals surface area contributed by atoms with Crippen molar-refractivity contribution in [1.82, 2.24) is 4.90 Å². The topological polar surface area (TPSA) is 75.4 Å². The predicted molar refractivity (Wildman–Crippen MR) is 105 cm³/mol. The van der Waals surface area contributed by atoms with Gasteiger partial charge in [0.1, 0.15) is 0 Å². The summed E-state index contributed by atoms with van der Waals surface area (Å²) in [5.41, 5.74) is 7.44. The average Bonchev–Trinajstić information content (AvgIpc) is 3.10. The Labute approximate surface area is 166 Å². The summed E-state index contributed by atoms with van der Waals surface area (Å²) in [6, 6.07) is 13.2. The zero-order valence-electron chi connectivity index (χ0n) is 15.1. The van der Waals surface area contributed by atoms with Crippen molar-refractivity contribution < 1.29 is 18.4 Å². The fourth-order valence-electron chi connectivity index (χ4n) is 3.31. The molecule has 2 amide bonds.